The lowest BCUT2D eigenvalue weighted by molar-refractivity contribution is -0.302. The van der Waals surface area contributed by atoms with Crippen molar-refractivity contribution in [2.45, 2.75) is 288 Å². The Morgan fingerprint density at radius 3 is 1.32 bits per heavy atom. The molecule has 1 aliphatic heterocycles. The van der Waals surface area contributed by atoms with Gasteiger partial charge in [-0.1, -0.05) is 228 Å². The first-order chi connectivity index (χ1) is 33.8. The van der Waals surface area contributed by atoms with E-state index in [2.05, 4.69) is 79.9 Å². The molecular formula is C60H107NO8. The highest BCUT2D eigenvalue weighted by molar-refractivity contribution is 5.76. The zero-order valence-corrected chi connectivity index (χ0v) is 44.3. The van der Waals surface area contributed by atoms with Gasteiger partial charge < -0.3 is 40.3 Å². The van der Waals surface area contributed by atoms with Crippen molar-refractivity contribution in [3.05, 3.63) is 72.9 Å². The average molecular weight is 971 g/mol. The van der Waals surface area contributed by atoms with Crippen LogP contribution in [0.5, 0.6) is 0 Å². The third-order valence-corrected chi connectivity index (χ3v) is 13.2. The second-order valence-electron chi connectivity index (χ2n) is 19.7. The molecule has 7 unspecified atom stereocenters. The van der Waals surface area contributed by atoms with Crippen LogP contribution in [0.15, 0.2) is 72.9 Å². The molecule has 9 nitrogen and oxygen atoms in total. The van der Waals surface area contributed by atoms with Crippen LogP contribution < -0.4 is 5.32 Å². The lowest BCUT2D eigenvalue weighted by Crippen LogP contribution is -2.60. The summed E-state index contributed by atoms with van der Waals surface area (Å²) >= 11 is 0. The number of rotatable bonds is 48. The van der Waals surface area contributed by atoms with Crippen molar-refractivity contribution < 1.29 is 39.8 Å². The Bertz CT molecular complexity index is 1310. The number of carbonyl (C=O) groups excluding carboxylic acids is 1. The fourth-order valence-electron chi connectivity index (χ4n) is 8.67. The summed E-state index contributed by atoms with van der Waals surface area (Å²) in [4.78, 5) is 13.0. The standard InChI is InChI=1S/C60H107NO8/c1-3-5-7-9-11-13-15-17-19-21-23-24-25-26-27-28-29-30-32-34-36-38-40-42-44-46-48-50-56(64)61-53(52-68-60-59(67)58(66)57(65)55(51-62)69-60)54(63)49-47-45-43-41-39-37-35-33-31-22-20-18-16-14-12-10-8-6-4-2/h15,17,21,23,25-26,31,33,39,41,47,49,53-55,57-60,62-63,65-67H,3-14,16,18-20,22,24,27-30,32,34-38,40,42-46,48,50-52H2,1-2H3,(H,61,64)/b17-15-,23-21-,26-25-,33-31+,41-39+,49-47+. The van der Waals surface area contributed by atoms with Crippen LogP contribution in [-0.4, -0.2) is 87.5 Å². The summed E-state index contributed by atoms with van der Waals surface area (Å²) in [5.41, 5.74) is 0. The fourth-order valence-corrected chi connectivity index (χ4v) is 8.67. The van der Waals surface area contributed by atoms with Gasteiger partial charge in [-0.3, -0.25) is 4.79 Å². The van der Waals surface area contributed by atoms with Gasteiger partial charge >= 0.3 is 0 Å². The maximum atomic E-state index is 13.0. The highest BCUT2D eigenvalue weighted by atomic mass is 16.7. The van der Waals surface area contributed by atoms with Gasteiger partial charge in [0.05, 0.1) is 25.4 Å². The molecule has 0 aliphatic carbocycles. The predicted molar refractivity (Wildman–Crippen MR) is 290 cm³/mol. The smallest absolute Gasteiger partial charge is 0.220 e. The molecule has 9 heteroatoms. The molecule has 0 aromatic rings. The summed E-state index contributed by atoms with van der Waals surface area (Å²) in [6.45, 7) is 3.75. The van der Waals surface area contributed by atoms with Crippen LogP contribution in [0.1, 0.15) is 245 Å². The molecule has 0 saturated carbocycles. The van der Waals surface area contributed by atoms with Gasteiger partial charge in [0.25, 0.3) is 0 Å². The van der Waals surface area contributed by atoms with Gasteiger partial charge in [0, 0.05) is 6.42 Å². The van der Waals surface area contributed by atoms with Gasteiger partial charge in [-0.2, -0.15) is 0 Å². The number of nitrogens with one attached hydrogen (secondary N) is 1. The predicted octanol–water partition coefficient (Wildman–Crippen LogP) is 14.1. The van der Waals surface area contributed by atoms with Crippen LogP contribution >= 0.6 is 0 Å². The fraction of sp³-hybridized carbons (Fsp3) is 0.783. The minimum absolute atomic E-state index is 0.194. The van der Waals surface area contributed by atoms with Crippen LogP contribution in [0.2, 0.25) is 0 Å². The Morgan fingerprint density at radius 1 is 0.493 bits per heavy atom. The maximum Gasteiger partial charge on any atom is 0.220 e. The van der Waals surface area contributed by atoms with Crippen molar-refractivity contribution in [1.29, 1.82) is 0 Å². The van der Waals surface area contributed by atoms with Crippen molar-refractivity contribution in [1.82, 2.24) is 5.32 Å². The van der Waals surface area contributed by atoms with Crippen LogP contribution in [0, 0.1) is 0 Å². The van der Waals surface area contributed by atoms with Gasteiger partial charge in [-0.25, -0.2) is 0 Å². The van der Waals surface area contributed by atoms with Crippen LogP contribution in [0.3, 0.4) is 0 Å². The quantitative estimate of drug-likeness (QED) is 0.0261. The van der Waals surface area contributed by atoms with E-state index >= 15 is 0 Å². The van der Waals surface area contributed by atoms with E-state index in [1.54, 1.807) is 6.08 Å². The zero-order valence-electron chi connectivity index (χ0n) is 44.3. The number of ether oxygens (including phenoxy) is 2. The highest BCUT2D eigenvalue weighted by Crippen LogP contribution is 2.23. The number of unbranched alkanes of at least 4 members (excludes halogenated alkanes) is 28. The summed E-state index contributed by atoms with van der Waals surface area (Å²) in [6.07, 6.45) is 61.0. The summed E-state index contributed by atoms with van der Waals surface area (Å²) in [7, 11) is 0. The summed E-state index contributed by atoms with van der Waals surface area (Å²) in [5, 5.41) is 54.5. The van der Waals surface area contributed by atoms with Crippen LogP contribution in [0.25, 0.3) is 0 Å². The molecule has 6 N–H and O–H groups in total. The van der Waals surface area contributed by atoms with Gasteiger partial charge in [-0.05, 0) is 83.5 Å². The first kappa shape index (κ1) is 64.6. The van der Waals surface area contributed by atoms with E-state index in [9.17, 15) is 30.3 Å². The molecular weight excluding hydrogens is 863 g/mol. The third-order valence-electron chi connectivity index (χ3n) is 13.2. The third kappa shape index (κ3) is 38.9. The molecule has 1 saturated heterocycles. The molecule has 7 atom stereocenters. The number of amides is 1. The molecule has 0 spiro atoms. The molecule has 69 heavy (non-hydrogen) atoms. The monoisotopic (exact) mass is 970 g/mol. The number of aliphatic hydroxyl groups is 5. The number of carbonyl (C=O) groups is 1. The molecule has 0 bridgehead atoms. The molecule has 0 aromatic carbocycles. The maximum absolute atomic E-state index is 13.0. The van der Waals surface area contributed by atoms with Gasteiger partial charge in [0.15, 0.2) is 6.29 Å². The summed E-state index contributed by atoms with van der Waals surface area (Å²) in [6, 6.07) is -0.833. The molecule has 0 aromatic heterocycles. The second-order valence-corrected chi connectivity index (χ2v) is 19.7. The van der Waals surface area contributed by atoms with E-state index in [4.69, 9.17) is 9.47 Å². The normalized spacial score (nSPS) is 20.0. The highest BCUT2D eigenvalue weighted by Gasteiger charge is 2.44. The SMILES string of the molecule is CCCCCCC/C=C\C/C=C\C/C=C\CCCCCCCCCCCCCCC(=O)NC(COC1OC(CO)C(O)C(O)C1O)C(O)/C=C/CC/C=C/CC/C=C/CCCCCCCCCCC. The van der Waals surface area contributed by atoms with Gasteiger partial charge in [0.1, 0.15) is 24.4 Å². The average Bonchev–Trinajstić information content (AvgIpc) is 3.35. The van der Waals surface area contributed by atoms with Crippen LogP contribution in [-0.2, 0) is 14.3 Å². The van der Waals surface area contributed by atoms with Crippen molar-refractivity contribution in [2.24, 2.45) is 0 Å². The van der Waals surface area contributed by atoms with E-state index in [-0.39, 0.29) is 12.5 Å². The van der Waals surface area contributed by atoms with E-state index < -0.39 is 49.5 Å². The number of allylic oxidation sites excluding steroid dienone is 11. The zero-order chi connectivity index (χ0) is 50.1. The lowest BCUT2D eigenvalue weighted by atomic mass is 9.99. The van der Waals surface area contributed by atoms with E-state index in [1.807, 2.05) is 6.08 Å². The first-order valence-electron chi connectivity index (χ1n) is 28.7. The topological polar surface area (TPSA) is 149 Å². The largest absolute Gasteiger partial charge is 0.394 e. The lowest BCUT2D eigenvalue weighted by Gasteiger charge is -2.40. The molecule has 0 radical (unpaired) electrons. The van der Waals surface area contributed by atoms with Crippen molar-refractivity contribution in [2.75, 3.05) is 13.2 Å². The number of hydrogen-bond acceptors (Lipinski definition) is 8. The van der Waals surface area contributed by atoms with Crippen molar-refractivity contribution in [3.63, 3.8) is 0 Å². The van der Waals surface area contributed by atoms with Gasteiger partial charge in [0.2, 0.25) is 5.91 Å². The van der Waals surface area contributed by atoms with E-state index in [1.165, 1.54) is 167 Å². The number of hydrogen-bond donors (Lipinski definition) is 6. The Balaban J connectivity index is 2.26. The summed E-state index contributed by atoms with van der Waals surface area (Å²) in [5.74, 6) is -0.194. The molecule has 1 fully saturated rings. The minimum Gasteiger partial charge on any atom is -0.394 e. The summed E-state index contributed by atoms with van der Waals surface area (Å²) < 4.78 is 11.2. The van der Waals surface area contributed by atoms with Crippen molar-refractivity contribution in [3.8, 4) is 0 Å². The first-order valence-corrected chi connectivity index (χ1v) is 28.7. The molecule has 400 valence electrons. The Morgan fingerprint density at radius 2 is 0.870 bits per heavy atom. The second kappa shape index (κ2) is 49.2. The number of aliphatic hydroxyl groups excluding tert-OH is 5. The van der Waals surface area contributed by atoms with Gasteiger partial charge in [-0.15, -0.1) is 0 Å². The Hall–Kier alpha value is -2.37. The van der Waals surface area contributed by atoms with E-state index in [0.717, 1.165) is 57.8 Å². The van der Waals surface area contributed by atoms with Crippen LogP contribution in [0.4, 0.5) is 0 Å². The van der Waals surface area contributed by atoms with E-state index in [0.29, 0.717) is 6.42 Å². The molecule has 1 heterocycles. The van der Waals surface area contributed by atoms with Crippen molar-refractivity contribution >= 4 is 5.91 Å². The molecule has 1 rings (SSSR count). The molecule has 1 aliphatic rings. The molecule has 1 amide bonds. The minimum atomic E-state index is -1.58. The Kier molecular flexibility index (Phi) is 46.1. The Labute approximate surface area is 423 Å².